The maximum atomic E-state index is 10.5. The van der Waals surface area contributed by atoms with Crippen molar-refractivity contribution < 1.29 is 9.84 Å². The fourth-order valence-corrected chi connectivity index (χ4v) is 2.68. The SMILES string of the molecule is CCNC(=NCC(C)(O)c1ccsc1)NCCOCCC(C)C.I. The third kappa shape index (κ3) is 9.80. The fraction of sp³-hybridized carbons (Fsp3) is 0.706. The van der Waals surface area contributed by atoms with Crippen LogP contribution in [0.1, 0.15) is 39.7 Å². The van der Waals surface area contributed by atoms with Gasteiger partial charge in [0.1, 0.15) is 5.60 Å². The Morgan fingerprint density at radius 1 is 1.38 bits per heavy atom. The lowest BCUT2D eigenvalue weighted by atomic mass is 10.00. The van der Waals surface area contributed by atoms with Crippen molar-refractivity contribution in [2.75, 3.05) is 32.8 Å². The molecule has 140 valence electrons. The van der Waals surface area contributed by atoms with E-state index in [9.17, 15) is 5.11 Å². The van der Waals surface area contributed by atoms with Crippen LogP contribution < -0.4 is 10.6 Å². The summed E-state index contributed by atoms with van der Waals surface area (Å²) in [4.78, 5) is 4.48. The van der Waals surface area contributed by atoms with Gasteiger partial charge in [0.05, 0.1) is 13.2 Å². The van der Waals surface area contributed by atoms with E-state index in [1.807, 2.05) is 23.8 Å². The van der Waals surface area contributed by atoms with Gasteiger partial charge in [-0.3, -0.25) is 0 Å². The van der Waals surface area contributed by atoms with Gasteiger partial charge in [-0.25, -0.2) is 4.99 Å². The predicted molar refractivity (Wildman–Crippen MR) is 114 cm³/mol. The van der Waals surface area contributed by atoms with E-state index in [1.165, 1.54) is 0 Å². The number of aliphatic hydroxyl groups is 1. The molecule has 0 fully saturated rings. The van der Waals surface area contributed by atoms with Crippen LogP contribution in [0.4, 0.5) is 0 Å². The van der Waals surface area contributed by atoms with Gasteiger partial charge >= 0.3 is 0 Å². The van der Waals surface area contributed by atoms with Gasteiger partial charge in [0.25, 0.3) is 0 Å². The average molecular weight is 469 g/mol. The van der Waals surface area contributed by atoms with Crippen molar-refractivity contribution in [2.45, 2.75) is 39.7 Å². The molecular weight excluding hydrogens is 437 g/mol. The second-order valence-corrected chi connectivity index (χ2v) is 6.98. The van der Waals surface area contributed by atoms with Crippen molar-refractivity contribution in [3.05, 3.63) is 22.4 Å². The molecule has 5 nitrogen and oxygen atoms in total. The Kier molecular flexibility index (Phi) is 12.7. The first-order chi connectivity index (χ1) is 11.0. The Balaban J connectivity index is 0.00000529. The van der Waals surface area contributed by atoms with Crippen LogP contribution in [-0.2, 0) is 10.3 Å². The topological polar surface area (TPSA) is 65.9 Å². The molecule has 24 heavy (non-hydrogen) atoms. The van der Waals surface area contributed by atoms with E-state index in [4.69, 9.17) is 4.74 Å². The van der Waals surface area contributed by atoms with Gasteiger partial charge in [-0.1, -0.05) is 13.8 Å². The van der Waals surface area contributed by atoms with Gasteiger partial charge < -0.3 is 20.5 Å². The molecule has 7 heteroatoms. The molecule has 0 saturated carbocycles. The summed E-state index contributed by atoms with van der Waals surface area (Å²) in [6, 6.07) is 1.93. The van der Waals surface area contributed by atoms with Gasteiger partial charge in [0, 0.05) is 19.7 Å². The maximum Gasteiger partial charge on any atom is 0.191 e. The van der Waals surface area contributed by atoms with Gasteiger partial charge in [0.2, 0.25) is 0 Å². The summed E-state index contributed by atoms with van der Waals surface area (Å²) in [5.74, 6) is 1.37. The molecule has 1 heterocycles. The molecule has 3 N–H and O–H groups in total. The largest absolute Gasteiger partial charge is 0.383 e. The number of hydrogen-bond donors (Lipinski definition) is 3. The normalized spacial score (nSPS) is 14.2. The second kappa shape index (κ2) is 12.9. The first-order valence-electron chi connectivity index (χ1n) is 8.30. The van der Waals surface area contributed by atoms with E-state index in [0.29, 0.717) is 31.6 Å². The van der Waals surface area contributed by atoms with Crippen LogP contribution in [0.25, 0.3) is 0 Å². The second-order valence-electron chi connectivity index (χ2n) is 6.20. The number of nitrogens with zero attached hydrogens (tertiary/aromatic N) is 1. The molecule has 0 saturated heterocycles. The van der Waals surface area contributed by atoms with Gasteiger partial charge in [-0.15, -0.1) is 24.0 Å². The summed E-state index contributed by atoms with van der Waals surface area (Å²) in [7, 11) is 0. The number of thiophene rings is 1. The highest BCUT2D eigenvalue weighted by molar-refractivity contribution is 14.0. The Labute approximate surface area is 167 Å². The Morgan fingerprint density at radius 3 is 2.71 bits per heavy atom. The Hall–Kier alpha value is -0.380. The van der Waals surface area contributed by atoms with Crippen LogP contribution in [0.5, 0.6) is 0 Å². The molecule has 0 amide bonds. The summed E-state index contributed by atoms with van der Waals surface area (Å²) in [6.07, 6.45) is 1.08. The van der Waals surface area contributed by atoms with Crippen molar-refractivity contribution in [2.24, 2.45) is 10.9 Å². The van der Waals surface area contributed by atoms with Gasteiger partial charge in [-0.05, 0) is 48.6 Å². The quantitative estimate of drug-likeness (QED) is 0.213. The maximum absolute atomic E-state index is 10.5. The fourth-order valence-electron chi connectivity index (χ4n) is 1.90. The van der Waals surface area contributed by atoms with E-state index >= 15 is 0 Å². The Bertz CT molecular complexity index is 451. The summed E-state index contributed by atoms with van der Waals surface area (Å²) in [6.45, 7) is 11.4. The van der Waals surface area contributed by atoms with Crippen molar-refractivity contribution in [3.63, 3.8) is 0 Å². The number of halogens is 1. The zero-order valence-corrected chi connectivity index (χ0v) is 18.3. The standard InChI is InChI=1S/C17H31N3O2S.HI/c1-5-18-16(19-8-10-22-9-6-14(2)3)20-13-17(4,21)15-7-11-23-12-15;/h7,11-12,14,21H,5-6,8-10,13H2,1-4H3,(H2,18,19,20);1H. The van der Waals surface area contributed by atoms with Gasteiger partial charge in [0.15, 0.2) is 5.96 Å². The van der Waals surface area contributed by atoms with Crippen LogP contribution >= 0.6 is 35.3 Å². The van der Waals surface area contributed by atoms with Crippen LogP contribution in [0.3, 0.4) is 0 Å². The third-order valence-electron chi connectivity index (χ3n) is 3.41. The molecule has 0 aliphatic heterocycles. The van der Waals surface area contributed by atoms with Crippen LogP contribution in [0.15, 0.2) is 21.8 Å². The molecule has 0 aliphatic carbocycles. The molecular formula is C17H32IN3O2S. The third-order valence-corrected chi connectivity index (χ3v) is 4.09. The zero-order valence-electron chi connectivity index (χ0n) is 15.2. The lowest BCUT2D eigenvalue weighted by Crippen LogP contribution is -2.40. The van der Waals surface area contributed by atoms with Crippen molar-refractivity contribution in [3.8, 4) is 0 Å². The number of guanidine groups is 1. The minimum atomic E-state index is -0.948. The van der Waals surface area contributed by atoms with Crippen LogP contribution in [0.2, 0.25) is 0 Å². The minimum absolute atomic E-state index is 0. The first kappa shape index (κ1) is 23.6. The minimum Gasteiger partial charge on any atom is -0.383 e. The highest BCUT2D eigenvalue weighted by Gasteiger charge is 2.23. The number of rotatable bonds is 10. The molecule has 1 atom stereocenters. The average Bonchev–Trinajstić information content (AvgIpc) is 3.03. The summed E-state index contributed by atoms with van der Waals surface area (Å²) in [5.41, 5.74) is -0.0463. The first-order valence-corrected chi connectivity index (χ1v) is 9.25. The molecule has 1 aromatic rings. The van der Waals surface area contributed by atoms with E-state index in [1.54, 1.807) is 18.3 Å². The summed E-state index contributed by atoms with van der Waals surface area (Å²) < 4.78 is 5.58. The number of aliphatic imine (C=N–C) groups is 1. The number of ether oxygens (including phenoxy) is 1. The highest BCUT2D eigenvalue weighted by atomic mass is 127. The Morgan fingerprint density at radius 2 is 2.12 bits per heavy atom. The van der Waals surface area contributed by atoms with E-state index in [0.717, 1.165) is 25.1 Å². The van der Waals surface area contributed by atoms with Crippen LogP contribution in [0, 0.1) is 5.92 Å². The molecule has 1 aromatic heterocycles. The smallest absolute Gasteiger partial charge is 0.191 e. The van der Waals surface area contributed by atoms with Gasteiger partial charge in [-0.2, -0.15) is 11.3 Å². The van der Waals surface area contributed by atoms with Crippen molar-refractivity contribution in [1.82, 2.24) is 10.6 Å². The van der Waals surface area contributed by atoms with E-state index < -0.39 is 5.60 Å². The number of nitrogens with one attached hydrogen (secondary N) is 2. The lowest BCUT2D eigenvalue weighted by molar-refractivity contribution is 0.0677. The highest BCUT2D eigenvalue weighted by Crippen LogP contribution is 2.23. The summed E-state index contributed by atoms with van der Waals surface area (Å²) >= 11 is 1.58. The van der Waals surface area contributed by atoms with E-state index in [2.05, 4.69) is 29.5 Å². The predicted octanol–water partition coefficient (Wildman–Crippen LogP) is 3.19. The van der Waals surface area contributed by atoms with Crippen molar-refractivity contribution >= 4 is 41.3 Å². The zero-order chi connectivity index (χ0) is 17.1. The van der Waals surface area contributed by atoms with Crippen LogP contribution in [-0.4, -0.2) is 43.9 Å². The summed E-state index contributed by atoms with van der Waals surface area (Å²) in [5, 5.41) is 20.8. The van der Waals surface area contributed by atoms with Crippen molar-refractivity contribution in [1.29, 1.82) is 0 Å². The monoisotopic (exact) mass is 469 g/mol. The molecule has 1 rings (SSSR count). The molecule has 0 aromatic carbocycles. The van der Waals surface area contributed by atoms with E-state index in [-0.39, 0.29) is 24.0 Å². The lowest BCUT2D eigenvalue weighted by Gasteiger charge is -2.21. The molecule has 0 radical (unpaired) electrons. The molecule has 0 aliphatic rings. The molecule has 0 bridgehead atoms. The molecule has 0 spiro atoms. The number of hydrogen-bond acceptors (Lipinski definition) is 4. The molecule has 1 unspecified atom stereocenters.